The predicted molar refractivity (Wildman–Crippen MR) is 138 cm³/mol. The van der Waals surface area contributed by atoms with Crippen LogP contribution in [0.25, 0.3) is 6.08 Å². The van der Waals surface area contributed by atoms with Crippen LogP contribution in [0.2, 0.25) is 0 Å². The Morgan fingerprint density at radius 1 is 0.818 bits per heavy atom. The lowest BCUT2D eigenvalue weighted by Crippen LogP contribution is -2.23. The molecule has 0 N–H and O–H groups in total. The van der Waals surface area contributed by atoms with Crippen molar-refractivity contribution < 1.29 is 23.8 Å². The van der Waals surface area contributed by atoms with Gasteiger partial charge < -0.3 is 14.2 Å². The lowest BCUT2D eigenvalue weighted by molar-refractivity contribution is -0.150. The minimum absolute atomic E-state index is 0.0723. The molecular formula is C28H44O5. The Kier molecular flexibility index (Phi) is 14.3. The van der Waals surface area contributed by atoms with E-state index in [1.54, 1.807) is 6.92 Å². The number of benzene rings is 1. The van der Waals surface area contributed by atoms with Gasteiger partial charge >= 0.3 is 11.9 Å². The fourth-order valence-corrected chi connectivity index (χ4v) is 1.76. The molecule has 33 heavy (non-hydrogen) atoms. The fourth-order valence-electron chi connectivity index (χ4n) is 1.76. The molecule has 5 nitrogen and oxygen atoms in total. The van der Waals surface area contributed by atoms with E-state index in [0.29, 0.717) is 12.2 Å². The molecule has 0 saturated carbocycles. The van der Waals surface area contributed by atoms with Gasteiger partial charge in [0.1, 0.15) is 11.2 Å². The van der Waals surface area contributed by atoms with Gasteiger partial charge in [-0.3, -0.25) is 0 Å². The van der Waals surface area contributed by atoms with Crippen molar-refractivity contribution in [1.82, 2.24) is 0 Å². The van der Waals surface area contributed by atoms with Crippen molar-refractivity contribution in [2.75, 3.05) is 0 Å². The lowest BCUT2D eigenvalue weighted by atomic mass is 10.1. The number of carbonyl (C=O) groups is 2. The van der Waals surface area contributed by atoms with E-state index in [0.717, 1.165) is 11.6 Å². The zero-order chi connectivity index (χ0) is 26.5. The highest BCUT2D eigenvalue weighted by Gasteiger charge is 2.16. The van der Waals surface area contributed by atoms with Crippen molar-refractivity contribution in [3.63, 3.8) is 0 Å². The molecule has 0 radical (unpaired) electrons. The second-order valence-corrected chi connectivity index (χ2v) is 10.4. The van der Waals surface area contributed by atoms with Crippen molar-refractivity contribution in [2.24, 2.45) is 0 Å². The summed E-state index contributed by atoms with van der Waals surface area (Å²) in [5.41, 5.74) is 1.91. The Bertz CT molecular complexity index is 766. The molecule has 0 aliphatic heterocycles. The summed E-state index contributed by atoms with van der Waals surface area (Å²) in [6.45, 7) is 29.9. The third-order valence-corrected chi connectivity index (χ3v) is 3.21. The summed E-state index contributed by atoms with van der Waals surface area (Å²) in [6.07, 6.45) is 3.00. The molecule has 0 unspecified atom stereocenters. The Labute approximate surface area is 201 Å². The minimum Gasteiger partial charge on any atom is -0.457 e. The average Bonchev–Trinajstić information content (AvgIpc) is 2.64. The van der Waals surface area contributed by atoms with E-state index < -0.39 is 11.2 Å². The van der Waals surface area contributed by atoms with Crippen molar-refractivity contribution >= 4 is 18.0 Å². The molecule has 0 bridgehead atoms. The SMILES string of the molecule is C=C(C)C(=O)OC(C)(C)C.C=CC(=O)OC(C)(C)C.C=Cc1ccc(COC(C)(C)C)cc1. The van der Waals surface area contributed by atoms with Crippen LogP contribution in [0.4, 0.5) is 0 Å². The van der Waals surface area contributed by atoms with Gasteiger partial charge in [0, 0.05) is 11.6 Å². The van der Waals surface area contributed by atoms with Crippen molar-refractivity contribution in [1.29, 1.82) is 0 Å². The van der Waals surface area contributed by atoms with Crippen LogP contribution in [0.5, 0.6) is 0 Å². The Morgan fingerprint density at radius 3 is 1.52 bits per heavy atom. The summed E-state index contributed by atoms with van der Waals surface area (Å²) in [6, 6.07) is 8.24. The van der Waals surface area contributed by atoms with E-state index in [1.165, 1.54) is 5.56 Å². The third kappa shape index (κ3) is 22.3. The number of hydrogen-bond donors (Lipinski definition) is 0. The van der Waals surface area contributed by atoms with Crippen LogP contribution < -0.4 is 0 Å². The van der Waals surface area contributed by atoms with E-state index in [-0.39, 0.29) is 17.5 Å². The lowest BCUT2D eigenvalue weighted by Gasteiger charge is -2.19. The van der Waals surface area contributed by atoms with Gasteiger partial charge in [0.15, 0.2) is 0 Å². The normalized spacial score (nSPS) is 11.0. The summed E-state index contributed by atoms with van der Waals surface area (Å²) >= 11 is 0. The highest BCUT2D eigenvalue weighted by Crippen LogP contribution is 2.13. The largest absolute Gasteiger partial charge is 0.457 e. The molecular weight excluding hydrogens is 416 g/mol. The molecule has 0 aliphatic carbocycles. The number of esters is 2. The maximum atomic E-state index is 10.8. The van der Waals surface area contributed by atoms with Crippen molar-refractivity contribution in [3.05, 3.63) is 66.8 Å². The topological polar surface area (TPSA) is 61.8 Å². The molecule has 0 aliphatic rings. The van der Waals surface area contributed by atoms with Gasteiger partial charge in [0.05, 0.1) is 12.2 Å². The van der Waals surface area contributed by atoms with Gasteiger partial charge in [-0.2, -0.15) is 0 Å². The van der Waals surface area contributed by atoms with Crippen LogP contribution in [-0.2, 0) is 30.4 Å². The summed E-state index contributed by atoms with van der Waals surface area (Å²) in [5.74, 6) is -0.699. The predicted octanol–water partition coefficient (Wildman–Crippen LogP) is 7.06. The van der Waals surface area contributed by atoms with E-state index in [2.05, 4.69) is 52.6 Å². The van der Waals surface area contributed by atoms with Crippen molar-refractivity contribution in [3.8, 4) is 0 Å². The highest BCUT2D eigenvalue weighted by atomic mass is 16.6. The second-order valence-electron chi connectivity index (χ2n) is 10.4. The fraction of sp³-hybridized carbons (Fsp3) is 0.500. The van der Waals surface area contributed by atoms with Gasteiger partial charge in [0.25, 0.3) is 0 Å². The third-order valence-electron chi connectivity index (χ3n) is 3.21. The number of hydrogen-bond acceptors (Lipinski definition) is 5. The standard InChI is InChI=1S/C13H18O.C8H14O2.C7H12O2/c1-5-11-6-8-12(9-7-11)10-14-13(2,3)4;1-6(2)7(9)10-8(3,4)5;1-5-6(8)9-7(2,3)4/h5-9H,1,10H2,2-4H3;1H2,2-5H3;5H,1H2,2-4H3. The molecule has 1 aromatic rings. The molecule has 0 fully saturated rings. The molecule has 0 amide bonds. The molecule has 5 heteroatoms. The maximum absolute atomic E-state index is 10.8. The van der Waals surface area contributed by atoms with Crippen LogP contribution in [-0.4, -0.2) is 28.7 Å². The molecule has 0 spiro atoms. The van der Waals surface area contributed by atoms with Crippen LogP contribution in [0.15, 0.2) is 55.7 Å². The summed E-state index contributed by atoms with van der Waals surface area (Å²) in [4.78, 5) is 21.3. The van der Waals surface area contributed by atoms with Gasteiger partial charge in [-0.05, 0) is 80.4 Å². The van der Waals surface area contributed by atoms with Gasteiger partial charge in [-0.15, -0.1) is 0 Å². The van der Waals surface area contributed by atoms with E-state index in [9.17, 15) is 9.59 Å². The van der Waals surface area contributed by atoms with E-state index in [1.807, 2.05) is 59.8 Å². The van der Waals surface area contributed by atoms with Crippen molar-refractivity contribution in [2.45, 2.75) is 92.6 Å². The molecule has 0 saturated heterocycles. The Morgan fingerprint density at radius 2 is 1.27 bits per heavy atom. The van der Waals surface area contributed by atoms with Crippen LogP contribution >= 0.6 is 0 Å². The van der Waals surface area contributed by atoms with Gasteiger partial charge in [0.2, 0.25) is 0 Å². The quantitative estimate of drug-likeness (QED) is 0.347. The Hall–Kier alpha value is -2.66. The van der Waals surface area contributed by atoms with E-state index >= 15 is 0 Å². The first-order valence-corrected chi connectivity index (χ1v) is 10.9. The van der Waals surface area contributed by atoms with E-state index in [4.69, 9.17) is 14.2 Å². The smallest absolute Gasteiger partial charge is 0.333 e. The number of carbonyl (C=O) groups excluding carboxylic acids is 2. The van der Waals surface area contributed by atoms with Crippen LogP contribution in [0.3, 0.4) is 0 Å². The molecule has 186 valence electrons. The monoisotopic (exact) mass is 460 g/mol. The number of ether oxygens (including phenoxy) is 3. The first kappa shape index (κ1) is 32.5. The van der Waals surface area contributed by atoms with Crippen LogP contribution in [0, 0.1) is 0 Å². The molecule has 0 atom stereocenters. The average molecular weight is 461 g/mol. The molecule has 0 aromatic heterocycles. The maximum Gasteiger partial charge on any atom is 0.333 e. The number of rotatable bonds is 5. The Balaban J connectivity index is 0. The zero-order valence-corrected chi connectivity index (χ0v) is 22.3. The van der Waals surface area contributed by atoms with Crippen LogP contribution in [0.1, 0.15) is 80.4 Å². The zero-order valence-electron chi connectivity index (χ0n) is 22.3. The molecule has 0 heterocycles. The summed E-state index contributed by atoms with van der Waals surface area (Å²) < 4.78 is 15.5. The minimum atomic E-state index is -0.407. The molecule has 1 rings (SSSR count). The summed E-state index contributed by atoms with van der Waals surface area (Å²) in [5, 5.41) is 0. The second kappa shape index (κ2) is 14.5. The first-order valence-electron chi connectivity index (χ1n) is 10.9. The first-order chi connectivity index (χ1) is 14.8. The summed E-state index contributed by atoms with van der Waals surface area (Å²) in [7, 11) is 0. The molecule has 1 aromatic carbocycles. The van der Waals surface area contributed by atoms with Gasteiger partial charge in [-0.25, -0.2) is 9.59 Å². The highest BCUT2D eigenvalue weighted by molar-refractivity contribution is 5.87. The van der Waals surface area contributed by atoms with Gasteiger partial charge in [-0.1, -0.05) is 50.1 Å².